The van der Waals surface area contributed by atoms with Crippen LogP contribution in [0.3, 0.4) is 0 Å². The second kappa shape index (κ2) is 8.11. The van der Waals surface area contributed by atoms with E-state index in [0.29, 0.717) is 17.9 Å². The molecule has 172 valence electrons. The van der Waals surface area contributed by atoms with Crippen molar-refractivity contribution in [2.75, 3.05) is 12.0 Å². The second-order valence-electron chi connectivity index (χ2n) is 8.31. The lowest BCUT2D eigenvalue weighted by Gasteiger charge is -2.55. The molecule has 0 spiro atoms. The zero-order valence-electron chi connectivity index (χ0n) is 18.5. The number of nitro benzene ring substituents is 1. The van der Waals surface area contributed by atoms with Gasteiger partial charge < -0.3 is 9.47 Å². The summed E-state index contributed by atoms with van der Waals surface area (Å²) in [7, 11) is 1.57. The first-order valence-corrected chi connectivity index (χ1v) is 11.1. The van der Waals surface area contributed by atoms with Crippen molar-refractivity contribution >= 4 is 34.6 Å². The normalized spacial score (nSPS) is 20.9. The van der Waals surface area contributed by atoms with Gasteiger partial charge in [-0.3, -0.25) is 24.7 Å². The summed E-state index contributed by atoms with van der Waals surface area (Å²) in [6.45, 7) is 1.93. The molecule has 2 aliphatic rings. The Hall–Kier alpha value is -3.98. The monoisotopic (exact) mass is 475 g/mol. The zero-order chi connectivity index (χ0) is 24.0. The van der Waals surface area contributed by atoms with E-state index < -0.39 is 22.6 Å². The van der Waals surface area contributed by atoms with Crippen LogP contribution in [0.1, 0.15) is 35.3 Å². The van der Waals surface area contributed by atoms with Crippen LogP contribution in [0.4, 0.5) is 11.4 Å². The molecule has 9 heteroatoms. The summed E-state index contributed by atoms with van der Waals surface area (Å²) in [6.07, 6.45) is 0.433. The summed E-state index contributed by atoms with van der Waals surface area (Å²) in [4.78, 5) is 28.0. The molecule has 2 heterocycles. The summed E-state index contributed by atoms with van der Waals surface area (Å²) in [5.41, 5.74) is 0.676. The van der Waals surface area contributed by atoms with Crippen LogP contribution in [0, 0.1) is 10.1 Å². The first-order valence-electron chi connectivity index (χ1n) is 10.7. The summed E-state index contributed by atoms with van der Waals surface area (Å²) in [5.74, 6) is 0.679. The Balaban J connectivity index is 1.69. The molecule has 1 fully saturated rings. The van der Waals surface area contributed by atoms with Gasteiger partial charge in [-0.05, 0) is 43.4 Å². The summed E-state index contributed by atoms with van der Waals surface area (Å²) in [6, 6.07) is 20.2. The number of nitro groups is 1. The SMILES string of the molecule is COc1cccc2c1OC1(C)CC2N(C(=O)c2cccc([N+](=O)[O-])c2)C(=S)N1c1ccccc1. The van der Waals surface area contributed by atoms with Gasteiger partial charge in [0, 0.05) is 35.4 Å². The number of carbonyl (C=O) groups excluding carboxylic acids is 1. The number of hydrogen-bond acceptors (Lipinski definition) is 6. The highest BCUT2D eigenvalue weighted by molar-refractivity contribution is 7.80. The van der Waals surface area contributed by atoms with E-state index in [2.05, 4.69) is 0 Å². The zero-order valence-corrected chi connectivity index (χ0v) is 19.3. The lowest BCUT2D eigenvalue weighted by atomic mass is 9.88. The van der Waals surface area contributed by atoms with Crippen LogP contribution >= 0.6 is 12.2 Å². The number of ether oxygens (including phenoxy) is 2. The Morgan fingerprint density at radius 1 is 1.15 bits per heavy atom. The van der Waals surface area contributed by atoms with Crippen LogP contribution in [0.5, 0.6) is 11.5 Å². The molecule has 0 saturated carbocycles. The van der Waals surface area contributed by atoms with Gasteiger partial charge in [-0.25, -0.2) is 0 Å². The van der Waals surface area contributed by atoms with Crippen LogP contribution in [-0.4, -0.2) is 33.7 Å². The third-order valence-electron chi connectivity index (χ3n) is 6.20. The molecule has 2 aliphatic heterocycles. The predicted octanol–water partition coefficient (Wildman–Crippen LogP) is 5.09. The fourth-order valence-corrected chi connectivity index (χ4v) is 5.20. The number of fused-ring (bicyclic) bond motifs is 4. The Morgan fingerprint density at radius 2 is 1.88 bits per heavy atom. The van der Waals surface area contributed by atoms with Crippen LogP contribution in [0.25, 0.3) is 0 Å². The third kappa shape index (κ3) is 3.36. The lowest BCUT2D eigenvalue weighted by Crippen LogP contribution is -2.67. The molecule has 0 aliphatic carbocycles. The van der Waals surface area contributed by atoms with Crippen molar-refractivity contribution in [1.29, 1.82) is 0 Å². The number of amides is 1. The largest absolute Gasteiger partial charge is 0.493 e. The van der Waals surface area contributed by atoms with Gasteiger partial charge in [-0.2, -0.15) is 0 Å². The fourth-order valence-electron chi connectivity index (χ4n) is 4.69. The molecule has 2 bridgehead atoms. The maximum Gasteiger partial charge on any atom is 0.270 e. The fraction of sp³-hybridized carbons (Fsp3) is 0.200. The molecular weight excluding hydrogens is 454 g/mol. The first-order chi connectivity index (χ1) is 16.3. The molecule has 1 amide bonds. The van der Waals surface area contributed by atoms with Gasteiger partial charge >= 0.3 is 0 Å². The highest BCUT2D eigenvalue weighted by Gasteiger charge is 2.54. The van der Waals surface area contributed by atoms with E-state index >= 15 is 0 Å². The Morgan fingerprint density at radius 3 is 2.59 bits per heavy atom. The number of carbonyl (C=O) groups is 1. The molecule has 2 unspecified atom stereocenters. The molecule has 1 saturated heterocycles. The topological polar surface area (TPSA) is 85.1 Å². The number of rotatable bonds is 4. The highest BCUT2D eigenvalue weighted by atomic mass is 32.1. The predicted molar refractivity (Wildman–Crippen MR) is 130 cm³/mol. The first kappa shape index (κ1) is 21.8. The summed E-state index contributed by atoms with van der Waals surface area (Å²) in [5, 5.41) is 11.6. The van der Waals surface area contributed by atoms with Crippen molar-refractivity contribution in [3.05, 3.63) is 94.0 Å². The maximum atomic E-state index is 13.8. The van der Waals surface area contributed by atoms with Crippen molar-refractivity contribution < 1.29 is 19.2 Å². The smallest absolute Gasteiger partial charge is 0.270 e. The quantitative estimate of drug-likeness (QED) is 0.295. The number of anilines is 1. The Labute approximate surface area is 201 Å². The number of para-hydroxylation sites is 2. The van der Waals surface area contributed by atoms with Gasteiger partial charge in [0.2, 0.25) is 0 Å². The number of nitrogens with zero attached hydrogens (tertiary/aromatic N) is 3. The van der Waals surface area contributed by atoms with Gasteiger partial charge in [0.05, 0.1) is 18.1 Å². The van der Waals surface area contributed by atoms with Crippen LogP contribution < -0.4 is 14.4 Å². The van der Waals surface area contributed by atoms with Gasteiger partial charge in [0.1, 0.15) is 0 Å². The lowest BCUT2D eigenvalue weighted by molar-refractivity contribution is -0.384. The molecule has 34 heavy (non-hydrogen) atoms. The van der Waals surface area contributed by atoms with E-state index in [1.54, 1.807) is 19.2 Å². The van der Waals surface area contributed by atoms with Crippen molar-refractivity contribution in [3.63, 3.8) is 0 Å². The summed E-state index contributed by atoms with van der Waals surface area (Å²) >= 11 is 5.89. The number of thiocarbonyl (C=S) groups is 1. The molecule has 0 aromatic heterocycles. The standard InChI is InChI=1S/C25H21N3O5S/c1-25-15-20(19-12-7-13-21(32-2)22(19)33-25)26(24(34)27(25)17-9-4-3-5-10-17)23(29)16-8-6-11-18(14-16)28(30)31/h3-14,20H,15H2,1-2H3. The molecule has 3 aromatic carbocycles. The number of non-ortho nitro benzene ring substituents is 1. The molecule has 3 aromatic rings. The second-order valence-corrected chi connectivity index (χ2v) is 8.68. The van der Waals surface area contributed by atoms with Crippen molar-refractivity contribution in [2.45, 2.75) is 25.1 Å². The summed E-state index contributed by atoms with van der Waals surface area (Å²) < 4.78 is 12.1. The maximum absolute atomic E-state index is 13.8. The number of methoxy groups -OCH3 is 1. The molecule has 0 N–H and O–H groups in total. The minimum absolute atomic E-state index is 0.160. The van der Waals surface area contributed by atoms with Crippen molar-refractivity contribution in [3.8, 4) is 11.5 Å². The Bertz CT molecular complexity index is 1310. The third-order valence-corrected chi connectivity index (χ3v) is 6.58. The molecule has 5 rings (SSSR count). The van der Waals surface area contributed by atoms with Crippen LogP contribution in [-0.2, 0) is 0 Å². The van der Waals surface area contributed by atoms with Crippen molar-refractivity contribution in [2.24, 2.45) is 0 Å². The van der Waals surface area contributed by atoms with E-state index in [9.17, 15) is 14.9 Å². The molecular formula is C25H21N3O5S. The van der Waals surface area contributed by atoms with E-state index in [4.69, 9.17) is 21.7 Å². The van der Waals surface area contributed by atoms with E-state index in [-0.39, 0.29) is 16.4 Å². The number of hydrogen-bond donors (Lipinski definition) is 0. The molecule has 8 nitrogen and oxygen atoms in total. The highest BCUT2D eigenvalue weighted by Crippen LogP contribution is 2.52. The van der Waals surface area contributed by atoms with Gasteiger partial charge in [0.15, 0.2) is 22.3 Å². The number of benzene rings is 3. The molecule has 0 radical (unpaired) electrons. The average molecular weight is 476 g/mol. The minimum atomic E-state index is -0.885. The minimum Gasteiger partial charge on any atom is -0.493 e. The van der Waals surface area contributed by atoms with E-state index in [0.717, 1.165) is 11.3 Å². The molecule has 2 atom stereocenters. The van der Waals surface area contributed by atoms with Gasteiger partial charge in [-0.1, -0.05) is 36.4 Å². The van der Waals surface area contributed by atoms with Crippen molar-refractivity contribution in [1.82, 2.24) is 4.90 Å². The van der Waals surface area contributed by atoms with E-state index in [1.165, 1.54) is 23.1 Å². The van der Waals surface area contributed by atoms with Gasteiger partial charge in [-0.15, -0.1) is 0 Å². The van der Waals surface area contributed by atoms with Gasteiger partial charge in [0.25, 0.3) is 11.6 Å². The van der Waals surface area contributed by atoms with Crippen LogP contribution in [0.2, 0.25) is 0 Å². The average Bonchev–Trinajstić information content (AvgIpc) is 2.84. The Kier molecular flexibility index (Phi) is 5.21. The van der Waals surface area contributed by atoms with Crippen LogP contribution in [0.15, 0.2) is 72.8 Å². The van der Waals surface area contributed by atoms with E-state index in [1.807, 2.05) is 54.3 Å².